The van der Waals surface area contributed by atoms with Crippen LogP contribution in [0.25, 0.3) is 0 Å². The Morgan fingerprint density at radius 2 is 1.81 bits per heavy atom. The molecule has 0 aliphatic rings. The van der Waals surface area contributed by atoms with Gasteiger partial charge in [-0.15, -0.1) is 0 Å². The topological polar surface area (TPSA) is 87.5 Å². The van der Waals surface area contributed by atoms with Crippen LogP contribution in [0.4, 0.5) is 0 Å². The third-order valence-corrected chi connectivity index (χ3v) is 4.52. The second-order valence-electron chi connectivity index (χ2n) is 7.20. The number of aromatic carboxylic acids is 1. The fourth-order valence-electron chi connectivity index (χ4n) is 3.06. The smallest absolute Gasteiger partial charge is 0.356 e. The summed E-state index contributed by atoms with van der Waals surface area (Å²) in [5.74, 6) is -1.09. The summed E-state index contributed by atoms with van der Waals surface area (Å²) in [6.07, 6.45) is 9.20. The summed E-state index contributed by atoms with van der Waals surface area (Å²) in [7, 11) is 0. The van der Waals surface area contributed by atoms with E-state index in [4.69, 9.17) is 5.11 Å². The van der Waals surface area contributed by atoms with Gasteiger partial charge in [-0.2, -0.15) is 5.10 Å². The summed E-state index contributed by atoms with van der Waals surface area (Å²) in [5, 5.41) is 15.8. The molecular weight excluding hydrogens is 344 g/mol. The Morgan fingerprint density at radius 3 is 2.33 bits per heavy atom. The van der Waals surface area contributed by atoms with Crippen molar-refractivity contribution in [3.8, 4) is 0 Å². The van der Waals surface area contributed by atoms with Gasteiger partial charge >= 0.3 is 5.97 Å². The van der Waals surface area contributed by atoms with Crippen molar-refractivity contribution in [1.29, 1.82) is 0 Å². The number of hydrogen-bond donors (Lipinski definition) is 2. The van der Waals surface area contributed by atoms with Crippen molar-refractivity contribution >= 4 is 11.9 Å². The summed E-state index contributed by atoms with van der Waals surface area (Å²) < 4.78 is 1.50. The van der Waals surface area contributed by atoms with Crippen LogP contribution in [-0.4, -0.2) is 57.3 Å². The summed E-state index contributed by atoms with van der Waals surface area (Å²) in [4.78, 5) is 25.5. The molecule has 0 bridgehead atoms. The SMILES string of the molecule is CCCCCN(CCCCC)CC(C)NC(=O)CCn1ccc(C(=O)O)n1. The molecule has 0 saturated carbocycles. The average Bonchev–Trinajstić information content (AvgIpc) is 3.09. The van der Waals surface area contributed by atoms with Gasteiger partial charge in [0.15, 0.2) is 5.69 Å². The number of carboxylic acid groups (broad SMARTS) is 1. The van der Waals surface area contributed by atoms with Crippen LogP contribution in [0.15, 0.2) is 12.3 Å². The highest BCUT2D eigenvalue weighted by Crippen LogP contribution is 2.04. The zero-order valence-electron chi connectivity index (χ0n) is 17.1. The van der Waals surface area contributed by atoms with Gasteiger partial charge < -0.3 is 15.3 Å². The first-order valence-corrected chi connectivity index (χ1v) is 10.2. The molecule has 1 heterocycles. The van der Waals surface area contributed by atoms with Crippen molar-refractivity contribution in [3.63, 3.8) is 0 Å². The highest BCUT2D eigenvalue weighted by Gasteiger charge is 2.13. The van der Waals surface area contributed by atoms with Crippen molar-refractivity contribution in [2.45, 2.75) is 78.3 Å². The maximum atomic E-state index is 12.2. The molecule has 1 amide bonds. The molecule has 0 fully saturated rings. The molecule has 7 nitrogen and oxygen atoms in total. The highest BCUT2D eigenvalue weighted by molar-refractivity contribution is 5.85. The Hall–Kier alpha value is -1.89. The number of rotatable bonds is 15. The Kier molecular flexibility index (Phi) is 11.4. The lowest BCUT2D eigenvalue weighted by molar-refractivity contribution is -0.122. The lowest BCUT2D eigenvalue weighted by Gasteiger charge is -2.26. The summed E-state index contributed by atoms with van der Waals surface area (Å²) in [6, 6.07) is 1.53. The van der Waals surface area contributed by atoms with Gasteiger partial charge in [0.2, 0.25) is 5.91 Å². The molecule has 27 heavy (non-hydrogen) atoms. The maximum absolute atomic E-state index is 12.2. The summed E-state index contributed by atoms with van der Waals surface area (Å²) >= 11 is 0. The molecule has 7 heteroatoms. The molecule has 0 aromatic carbocycles. The Balaban J connectivity index is 2.37. The number of aryl methyl sites for hydroxylation is 1. The minimum absolute atomic E-state index is 0.00132. The molecule has 0 aliphatic heterocycles. The van der Waals surface area contributed by atoms with E-state index in [1.165, 1.54) is 49.3 Å². The van der Waals surface area contributed by atoms with Crippen molar-refractivity contribution in [1.82, 2.24) is 20.0 Å². The van der Waals surface area contributed by atoms with Crippen LogP contribution in [0, 0.1) is 0 Å². The van der Waals surface area contributed by atoms with Crippen molar-refractivity contribution in [3.05, 3.63) is 18.0 Å². The molecule has 0 radical (unpaired) electrons. The third-order valence-electron chi connectivity index (χ3n) is 4.52. The number of nitrogens with zero attached hydrogens (tertiary/aromatic N) is 3. The first-order valence-electron chi connectivity index (χ1n) is 10.2. The van der Waals surface area contributed by atoms with Crippen molar-refractivity contribution < 1.29 is 14.7 Å². The monoisotopic (exact) mass is 380 g/mol. The van der Waals surface area contributed by atoms with Crippen LogP contribution in [0.1, 0.15) is 76.2 Å². The maximum Gasteiger partial charge on any atom is 0.356 e. The third kappa shape index (κ3) is 10.1. The van der Waals surface area contributed by atoms with Crippen LogP contribution in [0.2, 0.25) is 0 Å². The van der Waals surface area contributed by atoms with Gasteiger partial charge in [-0.3, -0.25) is 9.48 Å². The lowest BCUT2D eigenvalue weighted by Crippen LogP contribution is -2.42. The molecule has 2 N–H and O–H groups in total. The van der Waals surface area contributed by atoms with E-state index >= 15 is 0 Å². The minimum Gasteiger partial charge on any atom is -0.476 e. The van der Waals surface area contributed by atoms with Crippen molar-refractivity contribution in [2.75, 3.05) is 19.6 Å². The van der Waals surface area contributed by atoms with Crippen LogP contribution in [0.3, 0.4) is 0 Å². The van der Waals surface area contributed by atoms with E-state index in [0.717, 1.165) is 19.6 Å². The van der Waals surface area contributed by atoms with Crippen LogP contribution in [-0.2, 0) is 11.3 Å². The number of carboxylic acids is 1. The predicted molar refractivity (Wildman–Crippen MR) is 107 cm³/mol. The van der Waals surface area contributed by atoms with Gasteiger partial charge in [-0.05, 0) is 38.9 Å². The zero-order valence-corrected chi connectivity index (χ0v) is 17.1. The van der Waals surface area contributed by atoms with Crippen LogP contribution < -0.4 is 5.32 Å². The average molecular weight is 381 g/mol. The first kappa shape index (κ1) is 23.1. The summed E-state index contributed by atoms with van der Waals surface area (Å²) in [6.45, 7) is 9.88. The fraction of sp³-hybridized carbons (Fsp3) is 0.750. The normalized spacial score (nSPS) is 12.3. The number of unbranched alkanes of at least 4 members (excludes halogenated alkanes) is 4. The van der Waals surface area contributed by atoms with E-state index in [9.17, 15) is 9.59 Å². The molecule has 1 rings (SSSR count). The van der Waals surface area contributed by atoms with Gasteiger partial charge in [0.25, 0.3) is 0 Å². The van der Waals surface area contributed by atoms with Crippen molar-refractivity contribution in [2.24, 2.45) is 0 Å². The summed E-state index contributed by atoms with van der Waals surface area (Å²) in [5.41, 5.74) is -0.00132. The van der Waals surface area contributed by atoms with Crippen LogP contribution in [0.5, 0.6) is 0 Å². The Labute approximate surface area is 163 Å². The van der Waals surface area contributed by atoms with Gasteiger partial charge in [0.05, 0.1) is 0 Å². The Morgan fingerprint density at radius 1 is 1.19 bits per heavy atom. The highest BCUT2D eigenvalue weighted by atomic mass is 16.4. The number of amides is 1. The van der Waals surface area contributed by atoms with Crippen LogP contribution >= 0.6 is 0 Å². The second kappa shape index (κ2) is 13.3. The predicted octanol–water partition coefficient (Wildman–Crippen LogP) is 3.16. The quantitative estimate of drug-likeness (QED) is 0.456. The van der Waals surface area contributed by atoms with E-state index in [1.807, 2.05) is 6.92 Å². The van der Waals surface area contributed by atoms with Gasteiger partial charge in [0.1, 0.15) is 0 Å². The number of nitrogens with one attached hydrogen (secondary N) is 1. The van der Waals surface area contributed by atoms with Gasteiger partial charge in [0, 0.05) is 31.7 Å². The first-order chi connectivity index (χ1) is 13.0. The fourth-order valence-corrected chi connectivity index (χ4v) is 3.06. The molecule has 0 aliphatic carbocycles. The molecule has 0 spiro atoms. The largest absolute Gasteiger partial charge is 0.476 e. The van der Waals surface area contributed by atoms with Gasteiger partial charge in [-0.25, -0.2) is 4.79 Å². The molecule has 154 valence electrons. The van der Waals surface area contributed by atoms with E-state index in [1.54, 1.807) is 6.20 Å². The van der Waals surface area contributed by atoms with E-state index in [0.29, 0.717) is 6.54 Å². The zero-order chi connectivity index (χ0) is 20.1. The Bertz CT molecular complexity index is 549. The lowest BCUT2D eigenvalue weighted by atomic mass is 10.2. The number of carbonyl (C=O) groups excluding carboxylic acids is 1. The number of aromatic nitrogens is 2. The molecule has 1 aromatic heterocycles. The van der Waals surface area contributed by atoms with E-state index < -0.39 is 5.97 Å². The number of hydrogen-bond acceptors (Lipinski definition) is 4. The minimum atomic E-state index is -1.06. The number of carbonyl (C=O) groups is 2. The standard InChI is InChI=1S/C20H36N4O3/c1-4-6-8-12-23(13-9-7-5-2)16-17(3)21-19(25)11-15-24-14-10-18(22-24)20(26)27/h10,14,17H,4-9,11-13,15-16H2,1-3H3,(H,21,25)(H,26,27). The molecule has 1 atom stereocenters. The molecule has 1 unspecified atom stereocenters. The van der Waals surface area contributed by atoms with E-state index in [-0.39, 0.29) is 24.1 Å². The molecule has 0 saturated heterocycles. The van der Waals surface area contributed by atoms with Gasteiger partial charge in [-0.1, -0.05) is 39.5 Å². The van der Waals surface area contributed by atoms with E-state index in [2.05, 4.69) is 29.2 Å². The molecular formula is C20H36N4O3. The second-order valence-corrected chi connectivity index (χ2v) is 7.20. The molecule has 1 aromatic rings.